The van der Waals surface area contributed by atoms with E-state index < -0.39 is 5.91 Å². The molecule has 2 aromatic heterocycles. The lowest BCUT2D eigenvalue weighted by molar-refractivity contribution is -0.138. The number of aryl methyl sites for hydroxylation is 1. The lowest BCUT2D eigenvalue weighted by Gasteiger charge is -2.35. The van der Waals surface area contributed by atoms with E-state index in [1.165, 1.54) is 15.8 Å². The van der Waals surface area contributed by atoms with E-state index >= 15 is 0 Å². The average molecular weight is 490 g/mol. The third kappa shape index (κ3) is 4.19. The zero-order chi connectivity index (χ0) is 25.2. The van der Waals surface area contributed by atoms with Crippen LogP contribution in [0.1, 0.15) is 37.3 Å². The van der Waals surface area contributed by atoms with Gasteiger partial charge in [-0.3, -0.25) is 24.4 Å². The molecule has 188 valence electrons. The summed E-state index contributed by atoms with van der Waals surface area (Å²) in [5.74, 6) is -0.332. The van der Waals surface area contributed by atoms with Crippen LogP contribution in [0.15, 0.2) is 63.6 Å². The van der Waals surface area contributed by atoms with Gasteiger partial charge in [-0.15, -0.1) is 0 Å². The minimum Gasteiger partial charge on any atom is -0.467 e. The molecule has 1 fully saturated rings. The van der Waals surface area contributed by atoms with Gasteiger partial charge in [-0.25, -0.2) is 4.68 Å². The number of nitrogens with one attached hydrogen (secondary N) is 1. The fourth-order valence-electron chi connectivity index (χ4n) is 5.00. The largest absolute Gasteiger partial charge is 0.467 e. The summed E-state index contributed by atoms with van der Waals surface area (Å²) in [5, 5.41) is 3.22. The van der Waals surface area contributed by atoms with Crippen molar-refractivity contribution in [2.45, 2.75) is 33.2 Å². The Morgan fingerprint density at radius 2 is 1.67 bits per heavy atom. The number of carbonyl (C=O) groups excluding carboxylic acids is 2. The third-order valence-electron chi connectivity index (χ3n) is 6.90. The molecule has 3 aromatic rings. The number of carbonyl (C=O) groups is 2. The number of hydrogen-bond acceptors (Lipinski definition) is 6. The lowest BCUT2D eigenvalue weighted by atomic mass is 10.0. The van der Waals surface area contributed by atoms with Crippen molar-refractivity contribution in [2.24, 2.45) is 0 Å². The number of piperazine rings is 1. The number of likely N-dealkylation sites (N-methyl/N-ethyl adjacent to an activating group) is 1. The summed E-state index contributed by atoms with van der Waals surface area (Å²) in [6, 6.07) is 12.7. The normalized spacial score (nSPS) is 17.1. The molecular formula is C27H31N5O4. The number of para-hydroxylation sites is 1. The summed E-state index contributed by atoms with van der Waals surface area (Å²) in [5.41, 5.74) is 1.80. The first kappa shape index (κ1) is 23.9. The predicted octanol–water partition coefficient (Wildman–Crippen LogP) is 2.63. The van der Waals surface area contributed by atoms with E-state index in [1.807, 2.05) is 42.2 Å². The first-order valence-electron chi connectivity index (χ1n) is 12.5. The molecule has 0 atom stereocenters. The number of benzene rings is 1. The molecule has 0 bridgehead atoms. The van der Waals surface area contributed by atoms with Gasteiger partial charge in [0.05, 0.1) is 29.6 Å². The maximum absolute atomic E-state index is 13.9. The van der Waals surface area contributed by atoms with E-state index in [0.717, 1.165) is 26.1 Å². The molecule has 9 heteroatoms. The van der Waals surface area contributed by atoms with Crippen LogP contribution in [0.4, 0.5) is 0 Å². The summed E-state index contributed by atoms with van der Waals surface area (Å²) in [6.07, 6.45) is 2.87. The summed E-state index contributed by atoms with van der Waals surface area (Å²) in [6.45, 7) is 7.88. The van der Waals surface area contributed by atoms with Crippen LogP contribution < -0.4 is 5.56 Å². The van der Waals surface area contributed by atoms with Gasteiger partial charge < -0.3 is 14.2 Å². The van der Waals surface area contributed by atoms with Gasteiger partial charge in [0.25, 0.3) is 17.4 Å². The molecule has 9 nitrogen and oxygen atoms in total. The molecular weight excluding hydrogens is 458 g/mol. The molecule has 0 saturated carbocycles. The molecule has 0 radical (unpaired) electrons. The number of nitrogens with zero attached hydrogens (tertiary/aromatic N) is 4. The van der Waals surface area contributed by atoms with Crippen LogP contribution in [0.3, 0.4) is 0 Å². The molecule has 2 aliphatic heterocycles. The maximum atomic E-state index is 13.9. The Kier molecular flexibility index (Phi) is 6.65. The number of H-pyrrole nitrogens is 1. The summed E-state index contributed by atoms with van der Waals surface area (Å²) in [4.78, 5) is 46.9. The second-order valence-electron chi connectivity index (χ2n) is 9.11. The first-order valence-corrected chi connectivity index (χ1v) is 12.5. The lowest BCUT2D eigenvalue weighted by Crippen LogP contribution is -2.47. The van der Waals surface area contributed by atoms with Crippen LogP contribution in [-0.2, 0) is 22.6 Å². The molecule has 0 unspecified atom stereocenters. The van der Waals surface area contributed by atoms with Crippen molar-refractivity contribution in [1.29, 1.82) is 0 Å². The van der Waals surface area contributed by atoms with Crippen LogP contribution in [0.2, 0.25) is 0 Å². The van der Waals surface area contributed by atoms with E-state index in [2.05, 4.69) is 16.9 Å². The van der Waals surface area contributed by atoms with Crippen molar-refractivity contribution in [2.75, 3.05) is 32.7 Å². The highest BCUT2D eigenvalue weighted by Gasteiger charge is 2.44. The highest BCUT2D eigenvalue weighted by atomic mass is 16.3. The van der Waals surface area contributed by atoms with E-state index in [1.54, 1.807) is 12.1 Å². The SMILES string of the molecule is CCCc1[nH]n(-c2ccccc2)c(=O)c1C1=C(N2CCN(CC)CC2)C(=O)N(Cc2ccco2)C1=O. The highest BCUT2D eigenvalue weighted by molar-refractivity contribution is 6.35. The number of amides is 2. The molecule has 1 saturated heterocycles. The van der Waals surface area contributed by atoms with Crippen LogP contribution in [0.25, 0.3) is 11.3 Å². The standard InChI is InChI=1S/C27H31N5O4/c1-3-9-21-22(26(34)32(28-21)19-10-6-5-7-11-19)23-24(30-15-13-29(4-2)14-16-30)27(35)31(25(23)33)18-20-12-8-17-36-20/h5-8,10-12,17,28H,3-4,9,13-16,18H2,1-2H3. The van der Waals surface area contributed by atoms with Crippen LogP contribution in [0, 0.1) is 0 Å². The molecule has 4 heterocycles. The van der Waals surface area contributed by atoms with Gasteiger partial charge in [0.2, 0.25) is 0 Å². The van der Waals surface area contributed by atoms with Gasteiger partial charge >= 0.3 is 0 Å². The fourth-order valence-corrected chi connectivity index (χ4v) is 5.00. The van der Waals surface area contributed by atoms with E-state index in [0.29, 0.717) is 42.3 Å². The first-order chi connectivity index (χ1) is 17.5. The summed E-state index contributed by atoms with van der Waals surface area (Å²) < 4.78 is 6.90. The number of imide groups is 1. The predicted molar refractivity (Wildman–Crippen MR) is 135 cm³/mol. The quantitative estimate of drug-likeness (QED) is 0.489. The highest BCUT2D eigenvalue weighted by Crippen LogP contribution is 2.34. The zero-order valence-electron chi connectivity index (χ0n) is 20.7. The van der Waals surface area contributed by atoms with Gasteiger partial charge in [0.1, 0.15) is 11.5 Å². The summed E-state index contributed by atoms with van der Waals surface area (Å²) >= 11 is 0. The van der Waals surface area contributed by atoms with Crippen molar-refractivity contribution in [1.82, 2.24) is 24.5 Å². The van der Waals surface area contributed by atoms with Crippen LogP contribution in [-0.4, -0.2) is 69.0 Å². The second-order valence-corrected chi connectivity index (χ2v) is 9.11. The van der Waals surface area contributed by atoms with Crippen LogP contribution in [0.5, 0.6) is 0 Å². The number of aromatic amines is 1. The summed E-state index contributed by atoms with van der Waals surface area (Å²) in [7, 11) is 0. The van der Waals surface area contributed by atoms with Gasteiger partial charge in [-0.1, -0.05) is 38.5 Å². The van der Waals surface area contributed by atoms with Crippen molar-refractivity contribution in [3.63, 3.8) is 0 Å². The molecule has 2 amide bonds. The third-order valence-corrected chi connectivity index (χ3v) is 6.90. The van der Waals surface area contributed by atoms with Gasteiger partial charge in [0, 0.05) is 31.9 Å². The Labute approximate surface area is 209 Å². The molecule has 36 heavy (non-hydrogen) atoms. The Balaban J connectivity index is 1.65. The van der Waals surface area contributed by atoms with Gasteiger partial charge in [-0.05, 0) is 37.2 Å². The minimum absolute atomic E-state index is 0.0208. The molecule has 1 aromatic carbocycles. The average Bonchev–Trinajstić information content (AvgIpc) is 3.59. The van der Waals surface area contributed by atoms with Crippen molar-refractivity contribution >= 4 is 17.4 Å². The van der Waals surface area contributed by atoms with Crippen molar-refractivity contribution in [3.8, 4) is 5.69 Å². The van der Waals surface area contributed by atoms with E-state index in [4.69, 9.17) is 4.42 Å². The molecule has 0 spiro atoms. The Bertz CT molecular complexity index is 1330. The van der Waals surface area contributed by atoms with Crippen LogP contribution >= 0.6 is 0 Å². The minimum atomic E-state index is -0.460. The molecule has 5 rings (SSSR count). The second kappa shape index (κ2) is 10.0. The molecule has 2 aliphatic rings. The maximum Gasteiger partial charge on any atom is 0.279 e. The van der Waals surface area contributed by atoms with Gasteiger partial charge in [0.15, 0.2) is 0 Å². The topological polar surface area (TPSA) is 94.8 Å². The Hall–Kier alpha value is -3.85. The van der Waals surface area contributed by atoms with E-state index in [9.17, 15) is 14.4 Å². The zero-order valence-corrected chi connectivity index (χ0v) is 20.7. The number of hydrogen-bond donors (Lipinski definition) is 1. The number of rotatable bonds is 8. The van der Waals surface area contributed by atoms with E-state index in [-0.39, 0.29) is 29.1 Å². The Morgan fingerprint density at radius 3 is 2.31 bits per heavy atom. The van der Waals surface area contributed by atoms with Gasteiger partial charge in [-0.2, -0.15) is 0 Å². The van der Waals surface area contributed by atoms with Crippen molar-refractivity contribution < 1.29 is 14.0 Å². The molecule has 0 aliphatic carbocycles. The fraction of sp³-hybridized carbons (Fsp3) is 0.370. The monoisotopic (exact) mass is 489 g/mol. The smallest absolute Gasteiger partial charge is 0.279 e. The number of aromatic nitrogens is 2. The molecule has 1 N–H and O–H groups in total. The van der Waals surface area contributed by atoms with Crippen molar-refractivity contribution in [3.05, 3.63) is 81.8 Å². The number of furan rings is 1. The Morgan fingerprint density at radius 1 is 0.917 bits per heavy atom.